The average molecular weight is 368 g/mol. The predicted octanol–water partition coefficient (Wildman–Crippen LogP) is -0.108. The van der Waals surface area contributed by atoms with Crippen molar-refractivity contribution >= 4 is 25.9 Å². The summed E-state index contributed by atoms with van der Waals surface area (Å²) in [7, 11) is -9.90. The Kier molecular flexibility index (Phi) is 4.02. The first kappa shape index (κ1) is 17.1. The molecule has 23 heavy (non-hydrogen) atoms. The predicted molar refractivity (Wildman–Crippen MR) is 69.2 cm³/mol. The Hall–Kier alpha value is -2.29. The van der Waals surface area contributed by atoms with E-state index in [-0.39, 0.29) is 0 Å². The Balaban J connectivity index is 2.98. The molecule has 0 unspecified atom stereocenters. The minimum Gasteiger partial charge on any atom is -0.397 e. The first-order valence-corrected chi connectivity index (χ1v) is 8.24. The van der Waals surface area contributed by atoms with Crippen LogP contribution in [0.4, 0.5) is 14.5 Å². The second-order valence-electron chi connectivity index (χ2n) is 4.00. The van der Waals surface area contributed by atoms with Crippen LogP contribution in [-0.2, 0) is 20.2 Å². The number of rotatable bonds is 3. The van der Waals surface area contributed by atoms with Gasteiger partial charge in [0.2, 0.25) is 0 Å². The minimum atomic E-state index is -4.99. The van der Waals surface area contributed by atoms with Crippen molar-refractivity contribution in [3.8, 4) is 11.4 Å². The van der Waals surface area contributed by atoms with Crippen molar-refractivity contribution in [1.82, 2.24) is 15.0 Å². The molecule has 0 fully saturated rings. The van der Waals surface area contributed by atoms with Gasteiger partial charge in [-0.25, -0.2) is 0 Å². The van der Waals surface area contributed by atoms with Gasteiger partial charge in [-0.15, -0.1) is 0 Å². The first-order valence-electron chi connectivity index (χ1n) is 5.36. The molecule has 0 aliphatic heterocycles. The van der Waals surface area contributed by atoms with Crippen molar-refractivity contribution in [3.63, 3.8) is 0 Å². The van der Waals surface area contributed by atoms with Gasteiger partial charge in [-0.3, -0.25) is 9.11 Å². The van der Waals surface area contributed by atoms with Gasteiger partial charge in [-0.05, 0) is 12.1 Å². The van der Waals surface area contributed by atoms with Gasteiger partial charge in [0.25, 0.3) is 20.2 Å². The summed E-state index contributed by atoms with van der Waals surface area (Å²) in [4.78, 5) is 6.59. The number of nitrogens with two attached hydrogens (primary N) is 1. The van der Waals surface area contributed by atoms with Crippen molar-refractivity contribution in [2.45, 2.75) is 9.79 Å². The van der Waals surface area contributed by atoms with E-state index in [1.54, 1.807) is 0 Å². The van der Waals surface area contributed by atoms with Crippen molar-refractivity contribution in [2.75, 3.05) is 5.73 Å². The van der Waals surface area contributed by atoms with E-state index >= 15 is 0 Å². The lowest BCUT2D eigenvalue weighted by molar-refractivity contribution is 0.456. The lowest BCUT2D eigenvalue weighted by atomic mass is 10.1. The highest BCUT2D eigenvalue weighted by atomic mass is 32.2. The van der Waals surface area contributed by atoms with Gasteiger partial charge in [-0.1, -0.05) is 0 Å². The highest BCUT2D eigenvalue weighted by molar-refractivity contribution is 7.86. The highest BCUT2D eigenvalue weighted by Gasteiger charge is 2.27. The van der Waals surface area contributed by atoms with Crippen LogP contribution in [0.3, 0.4) is 0 Å². The molecule has 10 nitrogen and oxygen atoms in total. The van der Waals surface area contributed by atoms with E-state index in [1.807, 2.05) is 0 Å². The number of hydrogen-bond donors (Lipinski definition) is 3. The summed E-state index contributed by atoms with van der Waals surface area (Å²) in [5.74, 6) is -0.995. The molecule has 0 atom stereocenters. The lowest BCUT2D eigenvalue weighted by Crippen LogP contribution is -2.11. The van der Waals surface area contributed by atoms with Crippen LogP contribution in [0.15, 0.2) is 21.9 Å². The number of benzene rings is 1. The highest BCUT2D eigenvalue weighted by Crippen LogP contribution is 2.35. The van der Waals surface area contributed by atoms with Crippen LogP contribution in [0.1, 0.15) is 0 Å². The second-order valence-corrected chi connectivity index (χ2v) is 6.78. The van der Waals surface area contributed by atoms with Crippen molar-refractivity contribution < 1.29 is 34.7 Å². The number of anilines is 1. The van der Waals surface area contributed by atoms with E-state index in [1.165, 1.54) is 0 Å². The third-order valence-corrected chi connectivity index (χ3v) is 4.34. The fourth-order valence-corrected chi connectivity index (χ4v) is 3.01. The van der Waals surface area contributed by atoms with Crippen LogP contribution in [0.5, 0.6) is 0 Å². The van der Waals surface area contributed by atoms with Gasteiger partial charge in [0.05, 0.1) is 11.3 Å². The van der Waals surface area contributed by atoms with E-state index in [9.17, 15) is 25.6 Å². The zero-order valence-corrected chi connectivity index (χ0v) is 12.3. The normalized spacial score (nSPS) is 12.3. The molecule has 0 aliphatic carbocycles. The first-order chi connectivity index (χ1) is 10.4. The molecule has 0 amide bonds. The molecule has 0 bridgehead atoms. The van der Waals surface area contributed by atoms with E-state index < -0.39 is 59.3 Å². The minimum absolute atomic E-state index is 0.545. The van der Waals surface area contributed by atoms with Gasteiger partial charge >= 0.3 is 12.2 Å². The van der Waals surface area contributed by atoms with Gasteiger partial charge in [0, 0.05) is 0 Å². The third-order valence-electron chi connectivity index (χ3n) is 2.53. The molecule has 0 radical (unpaired) electrons. The Morgan fingerprint density at radius 3 is 1.74 bits per heavy atom. The second kappa shape index (κ2) is 5.41. The Labute approximate surface area is 127 Å². The maximum atomic E-state index is 13.1. The zero-order chi connectivity index (χ0) is 17.6. The van der Waals surface area contributed by atoms with Crippen LogP contribution in [-0.4, -0.2) is 40.9 Å². The molecule has 1 heterocycles. The summed E-state index contributed by atoms with van der Waals surface area (Å²) in [6.07, 6.45) is -3.30. The average Bonchev–Trinajstić information content (AvgIpc) is 2.34. The molecule has 4 N–H and O–H groups in total. The molecule has 0 saturated heterocycles. The molecule has 1 aromatic carbocycles. The lowest BCUT2D eigenvalue weighted by Gasteiger charge is -2.12. The van der Waals surface area contributed by atoms with Crippen LogP contribution >= 0.6 is 0 Å². The Morgan fingerprint density at radius 1 is 0.870 bits per heavy atom. The summed E-state index contributed by atoms with van der Waals surface area (Å²) in [6, 6.07) is 1.12. The van der Waals surface area contributed by atoms with E-state index in [4.69, 9.17) is 14.8 Å². The summed E-state index contributed by atoms with van der Waals surface area (Å²) in [6.45, 7) is 0. The summed E-state index contributed by atoms with van der Waals surface area (Å²) in [5, 5.41) is 0. The quantitative estimate of drug-likeness (QED) is 0.490. The van der Waals surface area contributed by atoms with E-state index in [2.05, 4.69) is 15.0 Å². The molecule has 2 aromatic rings. The summed E-state index contributed by atoms with van der Waals surface area (Å²) < 4.78 is 89.4. The van der Waals surface area contributed by atoms with E-state index in [0.717, 1.165) is 0 Å². The fourth-order valence-electron chi connectivity index (χ4n) is 1.69. The monoisotopic (exact) mass is 368 g/mol. The SMILES string of the molecule is Nc1c(S(=O)(=O)O)ccc(S(=O)(=O)O)c1-c1nc(F)nc(F)n1. The number of halogens is 2. The molecule has 124 valence electrons. The standard InChI is InChI=1S/C9H6F2N4O6S2/c10-8-13-7(14-9(11)15-8)5-3(22(16,17)18)1-2-4(6(5)12)23(19,20)21/h1-2H,12H2,(H,16,17,18)(H,19,20,21). The van der Waals surface area contributed by atoms with Crippen LogP contribution in [0.25, 0.3) is 11.4 Å². The maximum Gasteiger partial charge on any atom is 0.314 e. The van der Waals surface area contributed by atoms with Crippen LogP contribution in [0.2, 0.25) is 0 Å². The van der Waals surface area contributed by atoms with Crippen LogP contribution < -0.4 is 5.73 Å². The Bertz CT molecular complexity index is 989. The van der Waals surface area contributed by atoms with Gasteiger partial charge in [-0.2, -0.15) is 40.6 Å². The number of aromatic nitrogens is 3. The molecule has 2 rings (SSSR count). The number of nitrogen functional groups attached to an aromatic ring is 1. The van der Waals surface area contributed by atoms with Gasteiger partial charge < -0.3 is 5.73 Å². The van der Waals surface area contributed by atoms with Crippen molar-refractivity contribution in [2.24, 2.45) is 0 Å². The molecular weight excluding hydrogens is 362 g/mol. The fraction of sp³-hybridized carbons (Fsp3) is 0. The van der Waals surface area contributed by atoms with Crippen molar-refractivity contribution in [1.29, 1.82) is 0 Å². The molecule has 0 spiro atoms. The molecule has 1 aromatic heterocycles. The van der Waals surface area contributed by atoms with Crippen LogP contribution in [0, 0.1) is 12.2 Å². The van der Waals surface area contributed by atoms with E-state index in [0.29, 0.717) is 12.1 Å². The Morgan fingerprint density at radius 2 is 1.30 bits per heavy atom. The molecule has 0 aliphatic rings. The van der Waals surface area contributed by atoms with Crippen molar-refractivity contribution in [3.05, 3.63) is 24.3 Å². The largest absolute Gasteiger partial charge is 0.397 e. The number of nitrogens with zero attached hydrogens (tertiary/aromatic N) is 3. The smallest absolute Gasteiger partial charge is 0.314 e. The third kappa shape index (κ3) is 3.39. The van der Waals surface area contributed by atoms with Gasteiger partial charge in [0.15, 0.2) is 5.82 Å². The molecule has 0 saturated carbocycles. The van der Waals surface area contributed by atoms with Gasteiger partial charge in [0.1, 0.15) is 9.79 Å². The molecular formula is C9H6F2N4O6S2. The summed E-state index contributed by atoms with van der Waals surface area (Å²) >= 11 is 0. The molecule has 14 heteroatoms. The number of hydrogen-bond acceptors (Lipinski definition) is 8. The maximum absolute atomic E-state index is 13.1. The zero-order valence-electron chi connectivity index (χ0n) is 10.7. The topological polar surface area (TPSA) is 173 Å². The summed E-state index contributed by atoms with van der Waals surface area (Å²) in [5.41, 5.74) is 3.59.